The van der Waals surface area contributed by atoms with Crippen molar-refractivity contribution in [3.05, 3.63) is 0 Å². The van der Waals surface area contributed by atoms with Gasteiger partial charge in [-0.05, 0) is 0 Å². The van der Waals surface area contributed by atoms with Crippen molar-refractivity contribution < 1.29 is 9.09 Å². The van der Waals surface area contributed by atoms with E-state index in [9.17, 15) is 4.57 Å². The molecular formula is C3H8ClO2P. The van der Waals surface area contributed by atoms with Crippen LogP contribution in [-0.4, -0.2) is 19.4 Å². The van der Waals surface area contributed by atoms with E-state index in [2.05, 4.69) is 4.52 Å². The highest BCUT2D eigenvalue weighted by Gasteiger charge is 2.02. The molecule has 0 radical (unpaired) electrons. The second kappa shape index (κ2) is 2.71. The lowest BCUT2D eigenvalue weighted by Crippen LogP contribution is -1.80. The fourth-order valence-electron chi connectivity index (χ4n) is 0.118. The van der Waals surface area contributed by atoms with Crippen molar-refractivity contribution >= 4 is 19.0 Å². The summed E-state index contributed by atoms with van der Waals surface area (Å²) in [4.78, 5) is 0. The van der Waals surface area contributed by atoms with E-state index in [1.54, 1.807) is 0 Å². The number of halogens is 1. The van der Waals surface area contributed by atoms with Crippen LogP contribution in [0.1, 0.15) is 0 Å². The van der Waals surface area contributed by atoms with Crippen molar-refractivity contribution in [2.75, 3.05) is 19.4 Å². The van der Waals surface area contributed by atoms with E-state index in [-0.39, 0.29) is 6.07 Å². The summed E-state index contributed by atoms with van der Waals surface area (Å²) in [6, 6.07) is 0.0181. The molecule has 0 saturated carbocycles. The van der Waals surface area contributed by atoms with Gasteiger partial charge in [0.25, 0.3) is 0 Å². The fraction of sp³-hybridized carbons (Fsp3) is 1.00. The molecular weight excluding hydrogens is 134 g/mol. The van der Waals surface area contributed by atoms with Crippen LogP contribution in [0.5, 0.6) is 0 Å². The molecule has 0 aliphatic carbocycles. The smallest absolute Gasteiger partial charge is 0.198 e. The highest BCUT2D eigenvalue weighted by molar-refractivity contribution is 7.57. The molecule has 0 heterocycles. The van der Waals surface area contributed by atoms with Crippen molar-refractivity contribution in [1.29, 1.82) is 0 Å². The highest BCUT2D eigenvalue weighted by atomic mass is 35.5. The maximum Gasteiger partial charge on any atom is 0.198 e. The second-order valence-electron chi connectivity index (χ2n) is 1.49. The molecule has 44 valence electrons. The Morgan fingerprint density at radius 2 is 2.14 bits per heavy atom. The van der Waals surface area contributed by atoms with Crippen LogP contribution in [0.3, 0.4) is 0 Å². The van der Waals surface area contributed by atoms with Crippen molar-refractivity contribution in [3.8, 4) is 0 Å². The van der Waals surface area contributed by atoms with Gasteiger partial charge in [0.05, 0.1) is 0 Å². The van der Waals surface area contributed by atoms with Crippen molar-refractivity contribution in [1.82, 2.24) is 0 Å². The Bertz CT molecular complexity index is 86.9. The van der Waals surface area contributed by atoms with Crippen LogP contribution in [0.15, 0.2) is 0 Å². The predicted molar refractivity (Wildman–Crippen MR) is 31.3 cm³/mol. The quantitative estimate of drug-likeness (QED) is 0.434. The lowest BCUT2D eigenvalue weighted by molar-refractivity contribution is 0.383. The van der Waals surface area contributed by atoms with Crippen LogP contribution in [0.4, 0.5) is 0 Å². The Morgan fingerprint density at radius 3 is 2.14 bits per heavy atom. The van der Waals surface area contributed by atoms with E-state index in [1.807, 2.05) is 0 Å². The Morgan fingerprint density at radius 1 is 1.71 bits per heavy atom. The summed E-state index contributed by atoms with van der Waals surface area (Å²) in [6.45, 7) is 3.05. The Labute approximate surface area is 48.3 Å². The van der Waals surface area contributed by atoms with Crippen LogP contribution in [0.25, 0.3) is 0 Å². The van der Waals surface area contributed by atoms with Gasteiger partial charge in [-0.1, -0.05) is 11.6 Å². The summed E-state index contributed by atoms with van der Waals surface area (Å²) in [6.07, 6.45) is 0. The molecule has 0 rings (SSSR count). The second-order valence-corrected chi connectivity index (χ2v) is 4.47. The molecule has 0 aromatic rings. The molecule has 0 spiro atoms. The highest BCUT2D eigenvalue weighted by Crippen LogP contribution is 2.36. The molecule has 7 heavy (non-hydrogen) atoms. The minimum absolute atomic E-state index is 0.0181. The third-order valence-corrected chi connectivity index (χ3v) is 1.37. The molecule has 0 aromatic carbocycles. The first-order valence-electron chi connectivity index (χ1n) is 1.82. The zero-order valence-electron chi connectivity index (χ0n) is 4.35. The molecule has 0 aliphatic rings. The normalized spacial score (nSPS) is 11.9. The van der Waals surface area contributed by atoms with Crippen LogP contribution in [-0.2, 0) is 9.09 Å². The summed E-state index contributed by atoms with van der Waals surface area (Å²) < 4.78 is 15.1. The van der Waals surface area contributed by atoms with Gasteiger partial charge in [0.2, 0.25) is 0 Å². The molecule has 2 nitrogen and oxygen atoms in total. The lowest BCUT2D eigenvalue weighted by atomic mass is 11.7. The van der Waals surface area contributed by atoms with Gasteiger partial charge in [0.1, 0.15) is 6.07 Å². The van der Waals surface area contributed by atoms with Gasteiger partial charge >= 0.3 is 0 Å². The number of alkyl halides is 1. The Kier molecular flexibility index (Phi) is 2.89. The predicted octanol–water partition coefficient (Wildman–Crippen LogP) is 1.74. The first-order valence-corrected chi connectivity index (χ1v) is 4.87. The third kappa shape index (κ3) is 6.48. The first-order chi connectivity index (χ1) is 3.06. The summed E-state index contributed by atoms with van der Waals surface area (Å²) in [7, 11) is -2.30. The number of hydrogen-bond acceptors (Lipinski definition) is 2. The maximum atomic E-state index is 10.5. The minimum atomic E-state index is -2.30. The van der Waals surface area contributed by atoms with Gasteiger partial charge in [0, 0.05) is 13.3 Å². The molecule has 0 bridgehead atoms. The standard InChI is InChI=1S/C3H8ClO2P/c1-7(2,5)6-3-4/h3H2,1-2H3. The minimum Gasteiger partial charge on any atom is -0.313 e. The van der Waals surface area contributed by atoms with Crippen LogP contribution in [0, 0.1) is 0 Å². The maximum absolute atomic E-state index is 10.5. The Balaban J connectivity index is 3.36. The average Bonchev–Trinajstić information content (AvgIpc) is 1.30. The van der Waals surface area contributed by atoms with E-state index in [0.717, 1.165) is 0 Å². The fourth-order valence-corrected chi connectivity index (χ4v) is 1.06. The van der Waals surface area contributed by atoms with Crippen molar-refractivity contribution in [2.24, 2.45) is 0 Å². The zero-order valence-corrected chi connectivity index (χ0v) is 6.00. The average molecular weight is 143 g/mol. The van der Waals surface area contributed by atoms with E-state index in [4.69, 9.17) is 11.6 Å². The van der Waals surface area contributed by atoms with E-state index in [0.29, 0.717) is 0 Å². The van der Waals surface area contributed by atoms with E-state index < -0.39 is 7.37 Å². The zero-order chi connectivity index (χ0) is 5.91. The SMILES string of the molecule is CP(C)(=O)OCCl. The number of hydrogen-bond donors (Lipinski definition) is 0. The van der Waals surface area contributed by atoms with E-state index >= 15 is 0 Å². The third-order valence-electron chi connectivity index (χ3n) is 0.360. The first kappa shape index (κ1) is 7.48. The van der Waals surface area contributed by atoms with Gasteiger partial charge < -0.3 is 4.52 Å². The molecule has 0 aliphatic heterocycles. The lowest BCUT2D eigenvalue weighted by Gasteiger charge is -2.01. The molecule has 0 unspecified atom stereocenters. The molecule has 0 N–H and O–H groups in total. The van der Waals surface area contributed by atoms with Crippen molar-refractivity contribution in [3.63, 3.8) is 0 Å². The van der Waals surface area contributed by atoms with Crippen LogP contribution in [0.2, 0.25) is 0 Å². The topological polar surface area (TPSA) is 26.3 Å². The van der Waals surface area contributed by atoms with Gasteiger partial charge in [-0.25, -0.2) is 0 Å². The number of rotatable bonds is 2. The van der Waals surface area contributed by atoms with Gasteiger partial charge in [0.15, 0.2) is 7.37 Å². The molecule has 0 amide bonds. The Hall–Kier alpha value is 0.480. The monoisotopic (exact) mass is 142 g/mol. The molecule has 0 fully saturated rings. The van der Waals surface area contributed by atoms with Crippen LogP contribution >= 0.6 is 19.0 Å². The molecule has 0 aromatic heterocycles. The molecule has 0 atom stereocenters. The summed E-state index contributed by atoms with van der Waals surface area (Å²) >= 11 is 5.09. The summed E-state index contributed by atoms with van der Waals surface area (Å²) in [5.41, 5.74) is 0. The van der Waals surface area contributed by atoms with E-state index in [1.165, 1.54) is 13.3 Å². The van der Waals surface area contributed by atoms with Crippen LogP contribution < -0.4 is 0 Å². The largest absolute Gasteiger partial charge is 0.313 e. The van der Waals surface area contributed by atoms with Gasteiger partial charge in [-0.15, -0.1) is 0 Å². The van der Waals surface area contributed by atoms with Gasteiger partial charge in [-0.2, -0.15) is 0 Å². The van der Waals surface area contributed by atoms with Gasteiger partial charge in [-0.3, -0.25) is 4.57 Å². The summed E-state index contributed by atoms with van der Waals surface area (Å²) in [5.74, 6) is 0. The summed E-state index contributed by atoms with van der Waals surface area (Å²) in [5, 5.41) is 0. The molecule has 4 heteroatoms. The molecule has 0 saturated heterocycles. The van der Waals surface area contributed by atoms with Crippen molar-refractivity contribution in [2.45, 2.75) is 0 Å².